The van der Waals surface area contributed by atoms with Crippen molar-refractivity contribution in [2.45, 2.75) is 6.18 Å². The molecular weight excluding hydrogens is 217 g/mol. The molecule has 0 spiro atoms. The van der Waals surface area contributed by atoms with Crippen molar-refractivity contribution in [2.75, 3.05) is 0 Å². The molecule has 0 aliphatic heterocycles. The minimum atomic E-state index is -4.30. The molecule has 5 heteroatoms. The molecule has 0 bridgehead atoms. The molecule has 1 heterocycles. The lowest BCUT2D eigenvalue weighted by molar-refractivity contribution is -0.137. The van der Waals surface area contributed by atoms with Crippen LogP contribution < -0.4 is 0 Å². The fraction of sp³-hybridized carbons (Fsp3) is 0.0909. The molecule has 0 saturated heterocycles. The minimum Gasteiger partial charge on any atom is -0.244 e. The molecule has 0 atom stereocenters. The van der Waals surface area contributed by atoms with Gasteiger partial charge in [-0.3, -0.25) is 0 Å². The summed E-state index contributed by atoms with van der Waals surface area (Å²) in [5.41, 5.74) is 0.693. The molecule has 0 amide bonds. The summed E-state index contributed by atoms with van der Waals surface area (Å²) in [5.74, 6) is 0. The third-order valence-electron chi connectivity index (χ3n) is 2.11. The Balaban J connectivity index is 2.34. The van der Waals surface area contributed by atoms with Gasteiger partial charge >= 0.3 is 6.18 Å². The lowest BCUT2D eigenvalue weighted by Gasteiger charge is -2.07. The van der Waals surface area contributed by atoms with E-state index in [1.54, 1.807) is 12.4 Å². The molecule has 0 aliphatic rings. The Hall–Kier alpha value is -1.91. The van der Waals surface area contributed by atoms with Crippen LogP contribution in [0, 0.1) is 0 Å². The van der Waals surface area contributed by atoms with Gasteiger partial charge < -0.3 is 0 Å². The number of halogens is 3. The van der Waals surface area contributed by atoms with E-state index in [1.807, 2.05) is 0 Å². The van der Waals surface area contributed by atoms with E-state index in [9.17, 15) is 13.2 Å². The maximum absolute atomic E-state index is 12.3. The Labute approximate surface area is 89.8 Å². The lowest BCUT2D eigenvalue weighted by Crippen LogP contribution is -2.03. The van der Waals surface area contributed by atoms with Crippen LogP contribution in [-0.2, 0) is 6.18 Å². The molecule has 0 N–H and O–H groups in total. The first-order valence-electron chi connectivity index (χ1n) is 4.50. The smallest absolute Gasteiger partial charge is 0.244 e. The van der Waals surface area contributed by atoms with Gasteiger partial charge in [-0.25, -0.2) is 9.97 Å². The number of hydrogen-bond acceptors (Lipinski definition) is 2. The Morgan fingerprint density at radius 3 is 1.88 bits per heavy atom. The van der Waals surface area contributed by atoms with Gasteiger partial charge in [0, 0.05) is 18.0 Å². The van der Waals surface area contributed by atoms with Crippen LogP contribution in [0.1, 0.15) is 5.56 Å². The highest BCUT2D eigenvalue weighted by Gasteiger charge is 2.29. The van der Waals surface area contributed by atoms with Crippen LogP contribution in [0.2, 0.25) is 0 Å². The largest absolute Gasteiger partial charge is 0.416 e. The van der Waals surface area contributed by atoms with Crippen molar-refractivity contribution in [2.24, 2.45) is 0 Å². The van der Waals surface area contributed by atoms with E-state index in [2.05, 4.69) is 9.97 Å². The number of rotatable bonds is 1. The number of nitrogens with zero attached hydrogens (tertiary/aromatic N) is 2. The van der Waals surface area contributed by atoms with Crippen LogP contribution in [0.15, 0.2) is 43.0 Å². The van der Waals surface area contributed by atoms with E-state index in [4.69, 9.17) is 0 Å². The minimum absolute atomic E-state index is 0.659. The van der Waals surface area contributed by atoms with Gasteiger partial charge in [-0.15, -0.1) is 0 Å². The molecule has 0 aliphatic carbocycles. The second-order valence-electron chi connectivity index (χ2n) is 3.20. The second-order valence-corrected chi connectivity index (χ2v) is 3.20. The first-order valence-corrected chi connectivity index (χ1v) is 4.50. The zero-order chi connectivity index (χ0) is 11.6. The second kappa shape index (κ2) is 3.92. The summed E-state index contributed by atoms with van der Waals surface area (Å²) in [6, 6.07) is 4.90. The Bertz CT molecular complexity index is 463. The fourth-order valence-corrected chi connectivity index (χ4v) is 1.30. The molecule has 2 nitrogen and oxygen atoms in total. The van der Waals surface area contributed by atoms with E-state index >= 15 is 0 Å². The third-order valence-corrected chi connectivity index (χ3v) is 2.11. The quantitative estimate of drug-likeness (QED) is 0.743. The molecule has 2 rings (SSSR count). The van der Waals surface area contributed by atoms with E-state index in [0.29, 0.717) is 11.1 Å². The Morgan fingerprint density at radius 1 is 0.812 bits per heavy atom. The molecule has 0 saturated carbocycles. The van der Waals surface area contributed by atoms with E-state index in [0.717, 1.165) is 12.1 Å². The molecule has 16 heavy (non-hydrogen) atoms. The van der Waals surface area contributed by atoms with Crippen molar-refractivity contribution < 1.29 is 13.2 Å². The van der Waals surface area contributed by atoms with Crippen molar-refractivity contribution >= 4 is 0 Å². The summed E-state index contributed by atoms with van der Waals surface area (Å²) in [6.07, 6.45) is 0.171. The van der Waals surface area contributed by atoms with Gasteiger partial charge in [-0.1, -0.05) is 12.1 Å². The molecule has 1 aromatic heterocycles. The normalized spacial score (nSPS) is 11.4. The highest BCUT2D eigenvalue weighted by Crippen LogP contribution is 2.30. The van der Waals surface area contributed by atoms with Crippen LogP contribution in [0.25, 0.3) is 11.1 Å². The Kier molecular flexibility index (Phi) is 2.60. The molecular formula is C11H7F3N2. The number of alkyl halides is 3. The van der Waals surface area contributed by atoms with Gasteiger partial charge in [0.15, 0.2) is 0 Å². The average Bonchev–Trinajstić information content (AvgIpc) is 2.29. The lowest BCUT2D eigenvalue weighted by atomic mass is 10.1. The predicted octanol–water partition coefficient (Wildman–Crippen LogP) is 3.16. The van der Waals surface area contributed by atoms with Crippen LogP contribution in [0.3, 0.4) is 0 Å². The van der Waals surface area contributed by atoms with Gasteiger partial charge in [0.25, 0.3) is 0 Å². The summed E-state index contributed by atoms with van der Waals surface area (Å²) < 4.78 is 36.9. The van der Waals surface area contributed by atoms with Gasteiger partial charge in [0.1, 0.15) is 6.33 Å². The van der Waals surface area contributed by atoms with Gasteiger partial charge in [-0.05, 0) is 17.7 Å². The molecule has 82 valence electrons. The van der Waals surface area contributed by atoms with Crippen LogP contribution in [0.5, 0.6) is 0 Å². The number of hydrogen-bond donors (Lipinski definition) is 0. The summed E-state index contributed by atoms with van der Waals surface area (Å²) in [7, 11) is 0. The third kappa shape index (κ3) is 2.18. The molecule has 2 aromatic rings. The molecule has 0 fully saturated rings. The zero-order valence-electron chi connectivity index (χ0n) is 8.07. The number of benzene rings is 1. The SMILES string of the molecule is FC(F)(F)c1ccc(-c2cncnc2)cc1. The summed E-state index contributed by atoms with van der Waals surface area (Å²) in [6.45, 7) is 0. The standard InChI is InChI=1S/C11H7F3N2/c12-11(13,14)10-3-1-8(2-4-10)9-5-15-7-16-6-9/h1-7H. The summed E-state index contributed by atoms with van der Waals surface area (Å²) >= 11 is 0. The first kappa shape index (κ1) is 10.6. The van der Waals surface area contributed by atoms with Crippen LogP contribution in [0.4, 0.5) is 13.2 Å². The molecule has 0 radical (unpaired) electrons. The van der Waals surface area contributed by atoms with Gasteiger partial charge in [0.05, 0.1) is 5.56 Å². The zero-order valence-corrected chi connectivity index (χ0v) is 8.07. The highest BCUT2D eigenvalue weighted by molar-refractivity contribution is 5.61. The topological polar surface area (TPSA) is 25.8 Å². The monoisotopic (exact) mass is 224 g/mol. The maximum Gasteiger partial charge on any atom is 0.416 e. The summed E-state index contributed by atoms with van der Waals surface area (Å²) in [4.78, 5) is 7.60. The van der Waals surface area contributed by atoms with Crippen molar-refractivity contribution in [1.29, 1.82) is 0 Å². The van der Waals surface area contributed by atoms with Crippen LogP contribution in [-0.4, -0.2) is 9.97 Å². The first-order chi connectivity index (χ1) is 7.57. The molecule has 1 aromatic carbocycles. The van der Waals surface area contributed by atoms with E-state index < -0.39 is 11.7 Å². The van der Waals surface area contributed by atoms with Gasteiger partial charge in [-0.2, -0.15) is 13.2 Å². The fourth-order valence-electron chi connectivity index (χ4n) is 1.30. The highest BCUT2D eigenvalue weighted by atomic mass is 19.4. The Morgan fingerprint density at radius 2 is 1.38 bits per heavy atom. The van der Waals surface area contributed by atoms with Crippen molar-refractivity contribution in [1.82, 2.24) is 9.97 Å². The average molecular weight is 224 g/mol. The molecule has 0 unspecified atom stereocenters. The predicted molar refractivity (Wildman–Crippen MR) is 52.5 cm³/mol. The summed E-state index contributed by atoms with van der Waals surface area (Å²) in [5, 5.41) is 0. The van der Waals surface area contributed by atoms with Crippen molar-refractivity contribution in [3.8, 4) is 11.1 Å². The maximum atomic E-state index is 12.3. The number of aromatic nitrogens is 2. The van der Waals surface area contributed by atoms with Crippen molar-refractivity contribution in [3.05, 3.63) is 48.5 Å². The van der Waals surface area contributed by atoms with Crippen LogP contribution >= 0.6 is 0 Å². The van der Waals surface area contributed by atoms with Gasteiger partial charge in [0.2, 0.25) is 0 Å². The van der Waals surface area contributed by atoms with Crippen molar-refractivity contribution in [3.63, 3.8) is 0 Å². The van der Waals surface area contributed by atoms with E-state index in [1.165, 1.54) is 18.5 Å². The van der Waals surface area contributed by atoms with E-state index in [-0.39, 0.29) is 0 Å².